The van der Waals surface area contributed by atoms with E-state index in [0.717, 1.165) is 10.0 Å². The normalized spacial score (nSPS) is 12.5. The fourth-order valence-electron chi connectivity index (χ4n) is 1.51. The molecule has 0 unspecified atom stereocenters. The van der Waals surface area contributed by atoms with Crippen molar-refractivity contribution in [3.05, 3.63) is 22.2 Å². The topological polar surface area (TPSA) is 69.4 Å². The van der Waals surface area contributed by atoms with Crippen LogP contribution in [0.2, 0.25) is 0 Å². The minimum Gasteiger partial charge on any atom is -0.490 e. The first kappa shape index (κ1) is 16.3. The lowest BCUT2D eigenvalue weighted by Crippen LogP contribution is -2.32. The Morgan fingerprint density at radius 2 is 1.89 bits per heavy atom. The minimum absolute atomic E-state index is 0.0224. The van der Waals surface area contributed by atoms with E-state index in [-0.39, 0.29) is 12.4 Å². The van der Waals surface area contributed by atoms with Crippen molar-refractivity contribution in [2.45, 2.75) is 32.4 Å². The van der Waals surface area contributed by atoms with Gasteiger partial charge in [0.05, 0.1) is 16.2 Å². The molecular weight excluding hydrogens is 330 g/mol. The molecule has 2 N–H and O–H groups in total. The van der Waals surface area contributed by atoms with Gasteiger partial charge < -0.3 is 10.5 Å². The molecule has 0 atom stereocenters. The lowest BCUT2D eigenvalue weighted by Gasteiger charge is -2.19. The third-order valence-electron chi connectivity index (χ3n) is 2.80. The van der Waals surface area contributed by atoms with E-state index in [1.54, 1.807) is 26.8 Å². The third kappa shape index (κ3) is 4.11. The number of hydrogen-bond donors (Lipinski definition) is 1. The number of sulfone groups is 1. The Morgan fingerprint density at radius 1 is 1.32 bits per heavy atom. The summed E-state index contributed by atoms with van der Waals surface area (Å²) in [5.41, 5.74) is 7.23. The molecule has 1 aromatic carbocycles. The highest BCUT2D eigenvalue weighted by Crippen LogP contribution is 2.30. The Balaban J connectivity index is 2.75. The van der Waals surface area contributed by atoms with Crippen molar-refractivity contribution in [2.24, 2.45) is 0 Å². The summed E-state index contributed by atoms with van der Waals surface area (Å²) < 4.78 is 29.5. The number of hydrogen-bond acceptors (Lipinski definition) is 4. The van der Waals surface area contributed by atoms with E-state index < -0.39 is 14.6 Å². The van der Waals surface area contributed by atoms with Crippen molar-refractivity contribution < 1.29 is 13.2 Å². The van der Waals surface area contributed by atoms with Crippen LogP contribution in [0.25, 0.3) is 0 Å². The molecule has 0 bridgehead atoms. The molecule has 0 radical (unpaired) electrons. The standard InChI is InChI=1S/C13H20BrNO3S/c1-9-7-10(14)8-11(15)12(9)18-5-6-19(16,17)13(2,3)4/h7-8H,5-6,15H2,1-4H3. The van der Waals surface area contributed by atoms with Gasteiger partial charge in [-0.3, -0.25) is 0 Å². The van der Waals surface area contributed by atoms with Gasteiger partial charge in [0.15, 0.2) is 9.84 Å². The van der Waals surface area contributed by atoms with Crippen molar-refractivity contribution in [3.63, 3.8) is 0 Å². The smallest absolute Gasteiger partial charge is 0.158 e. The summed E-state index contributed by atoms with van der Waals surface area (Å²) in [6, 6.07) is 3.62. The lowest BCUT2D eigenvalue weighted by molar-refractivity contribution is 0.339. The number of anilines is 1. The number of nitrogen functional groups attached to an aromatic ring is 1. The maximum atomic E-state index is 11.9. The van der Waals surface area contributed by atoms with Crippen LogP contribution in [0.15, 0.2) is 16.6 Å². The summed E-state index contributed by atoms with van der Waals surface area (Å²) in [5.74, 6) is 0.526. The molecule has 0 saturated heterocycles. The monoisotopic (exact) mass is 349 g/mol. The number of aryl methyl sites for hydroxylation is 1. The Bertz CT molecular complexity index is 539. The zero-order valence-electron chi connectivity index (χ0n) is 11.7. The first-order chi connectivity index (χ1) is 8.54. The van der Waals surface area contributed by atoms with Gasteiger partial charge in [-0.25, -0.2) is 8.42 Å². The molecule has 108 valence electrons. The summed E-state index contributed by atoms with van der Waals surface area (Å²) in [5, 5.41) is 0. The number of ether oxygens (including phenoxy) is 1. The van der Waals surface area contributed by atoms with Crippen LogP contribution < -0.4 is 10.5 Å². The molecule has 0 aliphatic rings. The minimum atomic E-state index is -3.18. The summed E-state index contributed by atoms with van der Waals surface area (Å²) in [7, 11) is -3.18. The molecule has 0 saturated carbocycles. The molecule has 0 aliphatic heterocycles. The Kier molecular flexibility index (Phi) is 4.90. The summed E-state index contributed by atoms with van der Waals surface area (Å²) in [6.45, 7) is 7.02. The second-order valence-corrected chi connectivity index (χ2v) is 9.20. The molecule has 4 nitrogen and oxygen atoms in total. The van der Waals surface area contributed by atoms with Gasteiger partial charge in [0.1, 0.15) is 12.4 Å². The van der Waals surface area contributed by atoms with Crippen LogP contribution in [0, 0.1) is 6.92 Å². The van der Waals surface area contributed by atoms with E-state index in [1.165, 1.54) is 0 Å². The second kappa shape index (κ2) is 5.71. The molecule has 1 rings (SSSR count). The van der Waals surface area contributed by atoms with Crippen molar-refractivity contribution in [1.29, 1.82) is 0 Å². The van der Waals surface area contributed by atoms with Crippen molar-refractivity contribution in [1.82, 2.24) is 0 Å². The molecule has 0 aliphatic carbocycles. The molecular formula is C13H20BrNO3S. The number of halogens is 1. The van der Waals surface area contributed by atoms with E-state index in [4.69, 9.17) is 10.5 Å². The number of benzene rings is 1. The predicted octanol–water partition coefficient (Wildman–Crippen LogP) is 2.93. The van der Waals surface area contributed by atoms with Gasteiger partial charge >= 0.3 is 0 Å². The first-order valence-electron chi connectivity index (χ1n) is 5.95. The maximum absolute atomic E-state index is 11.9. The van der Waals surface area contributed by atoms with Crippen molar-refractivity contribution >= 4 is 31.5 Å². The van der Waals surface area contributed by atoms with Crippen LogP contribution in [0.1, 0.15) is 26.3 Å². The van der Waals surface area contributed by atoms with Gasteiger partial charge in [-0.1, -0.05) is 15.9 Å². The highest BCUT2D eigenvalue weighted by atomic mass is 79.9. The zero-order valence-corrected chi connectivity index (χ0v) is 14.1. The molecule has 1 aromatic rings. The number of nitrogens with two attached hydrogens (primary N) is 1. The van der Waals surface area contributed by atoms with E-state index in [1.807, 2.05) is 13.0 Å². The molecule has 0 amide bonds. The Labute approximate surface area is 123 Å². The van der Waals surface area contributed by atoms with Crippen LogP contribution in [-0.2, 0) is 9.84 Å². The molecule has 6 heteroatoms. The summed E-state index contributed by atoms with van der Waals surface area (Å²) >= 11 is 3.34. The van der Waals surface area contributed by atoms with Crippen LogP contribution in [0.4, 0.5) is 5.69 Å². The van der Waals surface area contributed by atoms with Gasteiger partial charge in [0.2, 0.25) is 0 Å². The van der Waals surface area contributed by atoms with E-state index >= 15 is 0 Å². The van der Waals surface area contributed by atoms with Gasteiger partial charge in [0.25, 0.3) is 0 Å². The van der Waals surface area contributed by atoms with Crippen LogP contribution >= 0.6 is 15.9 Å². The quantitative estimate of drug-likeness (QED) is 0.848. The van der Waals surface area contributed by atoms with E-state index in [2.05, 4.69) is 15.9 Å². The largest absolute Gasteiger partial charge is 0.490 e. The second-order valence-electron chi connectivity index (χ2n) is 5.42. The summed E-state index contributed by atoms with van der Waals surface area (Å²) in [4.78, 5) is 0. The average Bonchev–Trinajstić information content (AvgIpc) is 2.20. The Hall–Kier alpha value is -0.750. The zero-order chi connectivity index (χ0) is 14.8. The third-order valence-corrected chi connectivity index (χ3v) is 5.83. The van der Waals surface area contributed by atoms with Crippen molar-refractivity contribution in [3.8, 4) is 5.75 Å². The Morgan fingerprint density at radius 3 is 2.37 bits per heavy atom. The highest BCUT2D eigenvalue weighted by molar-refractivity contribution is 9.10. The summed E-state index contributed by atoms with van der Waals surface area (Å²) in [6.07, 6.45) is 0. The fraction of sp³-hybridized carbons (Fsp3) is 0.538. The lowest BCUT2D eigenvalue weighted by atomic mass is 10.2. The molecule has 0 heterocycles. The maximum Gasteiger partial charge on any atom is 0.158 e. The SMILES string of the molecule is Cc1cc(Br)cc(N)c1OCCS(=O)(=O)C(C)(C)C. The van der Waals surface area contributed by atoms with Gasteiger partial charge in [-0.2, -0.15) is 0 Å². The fourth-order valence-corrected chi connectivity index (χ4v) is 3.02. The molecule has 0 spiro atoms. The number of rotatable bonds is 4. The van der Waals surface area contributed by atoms with Crippen LogP contribution in [-0.4, -0.2) is 25.5 Å². The molecule has 0 fully saturated rings. The van der Waals surface area contributed by atoms with Gasteiger partial charge in [-0.15, -0.1) is 0 Å². The molecule has 0 aromatic heterocycles. The highest BCUT2D eigenvalue weighted by Gasteiger charge is 2.28. The van der Waals surface area contributed by atoms with Crippen LogP contribution in [0.3, 0.4) is 0 Å². The molecule has 19 heavy (non-hydrogen) atoms. The van der Waals surface area contributed by atoms with E-state index in [0.29, 0.717) is 11.4 Å². The predicted molar refractivity (Wildman–Crippen MR) is 82.3 cm³/mol. The van der Waals surface area contributed by atoms with Gasteiger partial charge in [-0.05, 0) is 45.4 Å². The van der Waals surface area contributed by atoms with Crippen molar-refractivity contribution in [2.75, 3.05) is 18.1 Å². The van der Waals surface area contributed by atoms with Crippen LogP contribution in [0.5, 0.6) is 5.75 Å². The average molecular weight is 350 g/mol. The van der Waals surface area contributed by atoms with Gasteiger partial charge in [0, 0.05) is 4.47 Å². The first-order valence-corrected chi connectivity index (χ1v) is 8.40. The van der Waals surface area contributed by atoms with E-state index in [9.17, 15) is 8.42 Å².